The molecule has 0 fully saturated rings. The second-order valence-electron chi connectivity index (χ2n) is 5.85. The van der Waals surface area contributed by atoms with Crippen molar-refractivity contribution in [2.45, 2.75) is 0 Å². The molecule has 0 unspecified atom stereocenters. The molecule has 0 aliphatic rings. The lowest BCUT2D eigenvalue weighted by atomic mass is 10.1. The van der Waals surface area contributed by atoms with E-state index in [-0.39, 0.29) is 11.1 Å². The van der Waals surface area contributed by atoms with E-state index >= 15 is 0 Å². The summed E-state index contributed by atoms with van der Waals surface area (Å²) in [6.45, 7) is 0. The molecule has 2 aromatic heterocycles. The summed E-state index contributed by atoms with van der Waals surface area (Å²) in [4.78, 5) is 27.2. The quantitative estimate of drug-likeness (QED) is 0.312. The Morgan fingerprint density at radius 3 is 2.64 bits per heavy atom. The number of rotatable bonds is 4. The molecule has 8 nitrogen and oxygen atoms in total. The van der Waals surface area contributed by atoms with Crippen molar-refractivity contribution < 1.29 is 19.2 Å². The van der Waals surface area contributed by atoms with Gasteiger partial charge in [0.05, 0.1) is 23.3 Å². The number of hydrogen-bond acceptors (Lipinski definition) is 8. The van der Waals surface area contributed by atoms with Crippen LogP contribution in [-0.4, -0.2) is 22.1 Å². The molecule has 4 rings (SSSR count). The molecule has 140 valence electrons. The summed E-state index contributed by atoms with van der Waals surface area (Å²) in [6, 6.07) is 11.0. The van der Waals surface area contributed by atoms with Gasteiger partial charge in [0.25, 0.3) is 0 Å². The number of aromatic nitrogens is 1. The number of phenolic OH excluding ortho intramolecular Hbond substituents is 1. The third-order valence-electron chi connectivity index (χ3n) is 4.15. The standard InChI is InChI=1S/C19H12N2O6S/c1-26-12-4-2-10(3-5-12)14-9-28-18(20-14)13-6-11-7-15(21(24)25)16(22)8-17(11)27-19(13)23/h2-9,22H,1H3. The van der Waals surface area contributed by atoms with E-state index in [1.165, 1.54) is 17.4 Å². The molecule has 9 heteroatoms. The van der Waals surface area contributed by atoms with Crippen molar-refractivity contribution in [1.82, 2.24) is 4.98 Å². The molecular weight excluding hydrogens is 384 g/mol. The van der Waals surface area contributed by atoms with E-state index in [2.05, 4.69) is 4.98 Å². The Balaban J connectivity index is 1.79. The first-order chi connectivity index (χ1) is 13.5. The normalized spacial score (nSPS) is 10.9. The number of methoxy groups -OCH3 is 1. The fourth-order valence-corrected chi connectivity index (χ4v) is 3.56. The number of ether oxygens (including phenoxy) is 1. The number of phenols is 1. The highest BCUT2D eigenvalue weighted by atomic mass is 32.1. The molecule has 2 aromatic carbocycles. The average Bonchev–Trinajstić information content (AvgIpc) is 3.17. The molecule has 4 aromatic rings. The SMILES string of the molecule is COc1ccc(-c2csc(-c3cc4cc([N+](=O)[O-])c(O)cc4oc3=O)n2)cc1. The third kappa shape index (κ3) is 3.08. The molecule has 0 aliphatic heterocycles. The van der Waals surface area contributed by atoms with E-state index in [9.17, 15) is 20.0 Å². The Bertz CT molecular complexity index is 1260. The van der Waals surface area contributed by atoms with Crippen LogP contribution in [0.4, 0.5) is 5.69 Å². The maximum Gasteiger partial charge on any atom is 0.346 e. The van der Waals surface area contributed by atoms with Gasteiger partial charge in [-0.2, -0.15) is 0 Å². The van der Waals surface area contributed by atoms with E-state index in [0.717, 1.165) is 23.4 Å². The zero-order chi connectivity index (χ0) is 19.8. The summed E-state index contributed by atoms with van der Waals surface area (Å²) in [6.07, 6.45) is 0. The smallest absolute Gasteiger partial charge is 0.346 e. The van der Waals surface area contributed by atoms with Crippen LogP contribution >= 0.6 is 11.3 Å². The maximum absolute atomic E-state index is 12.4. The van der Waals surface area contributed by atoms with E-state index in [4.69, 9.17) is 9.15 Å². The number of nitro benzene ring substituents is 1. The highest BCUT2D eigenvalue weighted by Gasteiger charge is 2.18. The monoisotopic (exact) mass is 396 g/mol. The number of nitrogens with zero attached hydrogens (tertiary/aromatic N) is 2. The third-order valence-corrected chi connectivity index (χ3v) is 5.02. The van der Waals surface area contributed by atoms with E-state index in [1.807, 2.05) is 24.3 Å². The van der Waals surface area contributed by atoms with Crippen molar-refractivity contribution >= 4 is 28.0 Å². The van der Waals surface area contributed by atoms with Gasteiger partial charge in [0.1, 0.15) is 16.3 Å². The van der Waals surface area contributed by atoms with Crippen LogP contribution in [0, 0.1) is 10.1 Å². The minimum absolute atomic E-state index is 0.0591. The zero-order valence-electron chi connectivity index (χ0n) is 14.4. The van der Waals surface area contributed by atoms with Gasteiger partial charge in [-0.05, 0) is 30.3 Å². The Morgan fingerprint density at radius 1 is 1.21 bits per heavy atom. The van der Waals surface area contributed by atoms with Crippen molar-refractivity contribution in [1.29, 1.82) is 0 Å². The van der Waals surface area contributed by atoms with E-state index < -0.39 is 22.0 Å². The second kappa shape index (κ2) is 6.78. The van der Waals surface area contributed by atoms with Crippen LogP contribution in [0.5, 0.6) is 11.5 Å². The van der Waals surface area contributed by atoms with Gasteiger partial charge in [0.2, 0.25) is 0 Å². The minimum Gasteiger partial charge on any atom is -0.502 e. The number of hydrogen-bond donors (Lipinski definition) is 1. The van der Waals surface area contributed by atoms with Crippen molar-refractivity contribution in [3.8, 4) is 33.3 Å². The zero-order valence-corrected chi connectivity index (χ0v) is 15.2. The molecule has 0 bridgehead atoms. The Labute approximate surface area is 161 Å². The summed E-state index contributed by atoms with van der Waals surface area (Å²) in [5.41, 5.74) is 0.677. The van der Waals surface area contributed by atoms with Crippen LogP contribution < -0.4 is 10.4 Å². The van der Waals surface area contributed by atoms with Crippen LogP contribution in [0.15, 0.2) is 57.1 Å². The average molecular weight is 396 g/mol. The van der Waals surface area contributed by atoms with Crippen LogP contribution in [0.25, 0.3) is 32.8 Å². The van der Waals surface area contributed by atoms with Gasteiger partial charge in [-0.3, -0.25) is 10.1 Å². The predicted molar refractivity (Wildman–Crippen MR) is 104 cm³/mol. The molecule has 0 atom stereocenters. The Kier molecular flexibility index (Phi) is 4.28. The molecule has 0 saturated heterocycles. The van der Waals surface area contributed by atoms with Crippen molar-refractivity contribution in [3.05, 3.63) is 68.4 Å². The molecule has 0 amide bonds. The highest BCUT2D eigenvalue weighted by Crippen LogP contribution is 2.33. The Morgan fingerprint density at radius 2 is 1.96 bits per heavy atom. The van der Waals surface area contributed by atoms with Gasteiger partial charge in [-0.25, -0.2) is 9.78 Å². The lowest BCUT2D eigenvalue weighted by Crippen LogP contribution is -2.02. The molecule has 1 N–H and O–H groups in total. The van der Waals surface area contributed by atoms with Crippen molar-refractivity contribution in [2.75, 3.05) is 7.11 Å². The summed E-state index contributed by atoms with van der Waals surface area (Å²) in [5, 5.41) is 23.3. The van der Waals surface area contributed by atoms with Crippen molar-refractivity contribution in [2.24, 2.45) is 0 Å². The van der Waals surface area contributed by atoms with Gasteiger partial charge >= 0.3 is 11.3 Å². The van der Waals surface area contributed by atoms with Gasteiger partial charge in [0, 0.05) is 28.5 Å². The van der Waals surface area contributed by atoms with Crippen LogP contribution in [0.3, 0.4) is 0 Å². The summed E-state index contributed by atoms with van der Waals surface area (Å²) in [5.74, 6) is 0.156. The topological polar surface area (TPSA) is 116 Å². The summed E-state index contributed by atoms with van der Waals surface area (Å²) < 4.78 is 10.4. The number of fused-ring (bicyclic) bond motifs is 1. The fraction of sp³-hybridized carbons (Fsp3) is 0.0526. The Hall–Kier alpha value is -3.72. The van der Waals surface area contributed by atoms with Crippen LogP contribution in [0.1, 0.15) is 0 Å². The highest BCUT2D eigenvalue weighted by molar-refractivity contribution is 7.13. The number of nitro groups is 1. The van der Waals surface area contributed by atoms with E-state index in [0.29, 0.717) is 16.1 Å². The molecular formula is C19H12N2O6S. The fourth-order valence-electron chi connectivity index (χ4n) is 2.73. The van der Waals surface area contributed by atoms with Gasteiger partial charge < -0.3 is 14.3 Å². The van der Waals surface area contributed by atoms with Gasteiger partial charge in [0.15, 0.2) is 5.75 Å². The van der Waals surface area contributed by atoms with Crippen molar-refractivity contribution in [3.63, 3.8) is 0 Å². The largest absolute Gasteiger partial charge is 0.502 e. The minimum atomic E-state index is -0.704. The first-order valence-corrected chi connectivity index (χ1v) is 8.90. The summed E-state index contributed by atoms with van der Waals surface area (Å²) in [7, 11) is 1.58. The summed E-state index contributed by atoms with van der Waals surface area (Å²) >= 11 is 1.26. The lowest BCUT2D eigenvalue weighted by molar-refractivity contribution is -0.385. The first-order valence-electron chi connectivity index (χ1n) is 8.02. The number of benzene rings is 2. The molecule has 0 aliphatic carbocycles. The maximum atomic E-state index is 12.4. The molecule has 0 saturated carbocycles. The molecule has 2 heterocycles. The van der Waals surface area contributed by atoms with Gasteiger partial charge in [-0.15, -0.1) is 11.3 Å². The lowest BCUT2D eigenvalue weighted by Gasteiger charge is -2.02. The predicted octanol–water partition coefficient (Wildman–Crippen LogP) is 4.21. The van der Waals surface area contributed by atoms with Gasteiger partial charge in [-0.1, -0.05) is 0 Å². The molecule has 28 heavy (non-hydrogen) atoms. The van der Waals surface area contributed by atoms with Crippen LogP contribution in [0.2, 0.25) is 0 Å². The molecule has 0 radical (unpaired) electrons. The first kappa shape index (κ1) is 17.7. The number of aromatic hydroxyl groups is 1. The molecule has 0 spiro atoms. The van der Waals surface area contributed by atoms with E-state index in [1.54, 1.807) is 12.5 Å². The number of thiazole rings is 1. The van der Waals surface area contributed by atoms with Crippen LogP contribution in [-0.2, 0) is 0 Å². The second-order valence-corrected chi connectivity index (χ2v) is 6.71.